The van der Waals surface area contributed by atoms with Gasteiger partial charge < -0.3 is 5.11 Å². The predicted molar refractivity (Wildman–Crippen MR) is 58.9 cm³/mol. The van der Waals surface area contributed by atoms with Gasteiger partial charge >= 0.3 is 0 Å². The average molecular weight is 194 g/mol. The van der Waals surface area contributed by atoms with Gasteiger partial charge in [-0.15, -0.1) is 0 Å². The molecule has 2 aliphatic rings. The number of aliphatic hydroxyl groups is 1. The molecule has 0 saturated heterocycles. The summed E-state index contributed by atoms with van der Waals surface area (Å²) in [5, 5.41) is 9.52. The maximum absolute atomic E-state index is 9.52. The lowest BCUT2D eigenvalue weighted by molar-refractivity contribution is 0.0977. The van der Waals surface area contributed by atoms with Crippen LogP contribution in [0.4, 0.5) is 0 Å². The molecule has 1 saturated carbocycles. The van der Waals surface area contributed by atoms with Crippen LogP contribution in [0, 0.1) is 29.6 Å². The molecule has 1 fully saturated rings. The third kappa shape index (κ3) is 1.63. The zero-order valence-electron chi connectivity index (χ0n) is 9.32. The first kappa shape index (κ1) is 10.2. The van der Waals surface area contributed by atoms with Gasteiger partial charge in [-0.3, -0.25) is 0 Å². The molecule has 0 aromatic carbocycles. The first-order valence-corrected chi connectivity index (χ1v) is 6.03. The van der Waals surface area contributed by atoms with E-state index >= 15 is 0 Å². The van der Waals surface area contributed by atoms with Crippen LogP contribution in [0.1, 0.15) is 33.1 Å². The van der Waals surface area contributed by atoms with Crippen molar-refractivity contribution in [1.82, 2.24) is 0 Å². The van der Waals surface area contributed by atoms with E-state index in [1.54, 1.807) is 0 Å². The number of allylic oxidation sites excluding steroid dienone is 2. The molecule has 0 aliphatic heterocycles. The summed E-state index contributed by atoms with van der Waals surface area (Å²) >= 11 is 0. The minimum absolute atomic E-state index is 0.383. The van der Waals surface area contributed by atoms with E-state index < -0.39 is 0 Å². The van der Waals surface area contributed by atoms with Crippen LogP contribution in [0.3, 0.4) is 0 Å². The Labute approximate surface area is 87.2 Å². The van der Waals surface area contributed by atoms with Gasteiger partial charge in [-0.1, -0.05) is 32.4 Å². The molecule has 0 radical (unpaired) electrons. The van der Waals surface area contributed by atoms with Gasteiger partial charge in [0.05, 0.1) is 0 Å². The molecule has 0 heterocycles. The van der Waals surface area contributed by atoms with Crippen molar-refractivity contribution >= 4 is 0 Å². The number of hydrogen-bond acceptors (Lipinski definition) is 1. The molecule has 0 aromatic heterocycles. The second-order valence-corrected chi connectivity index (χ2v) is 5.31. The zero-order valence-corrected chi connectivity index (χ0v) is 9.32. The fourth-order valence-corrected chi connectivity index (χ4v) is 3.46. The van der Waals surface area contributed by atoms with Crippen molar-refractivity contribution in [3.63, 3.8) is 0 Å². The lowest BCUT2D eigenvalue weighted by atomic mass is 9.69. The summed E-state index contributed by atoms with van der Waals surface area (Å²) in [6, 6.07) is 0. The highest BCUT2D eigenvalue weighted by atomic mass is 16.3. The van der Waals surface area contributed by atoms with Crippen LogP contribution in [-0.4, -0.2) is 11.7 Å². The Morgan fingerprint density at radius 2 is 2.07 bits per heavy atom. The van der Waals surface area contributed by atoms with E-state index in [9.17, 15) is 5.11 Å². The van der Waals surface area contributed by atoms with Crippen molar-refractivity contribution in [1.29, 1.82) is 0 Å². The van der Waals surface area contributed by atoms with Crippen molar-refractivity contribution in [2.24, 2.45) is 29.6 Å². The molecule has 1 heteroatoms. The minimum Gasteiger partial charge on any atom is -0.396 e. The average Bonchev–Trinajstić information content (AvgIpc) is 2.63. The lowest BCUT2D eigenvalue weighted by Crippen LogP contribution is -2.33. The van der Waals surface area contributed by atoms with E-state index in [-0.39, 0.29) is 0 Å². The third-order valence-corrected chi connectivity index (χ3v) is 4.23. The molecule has 0 unspecified atom stereocenters. The molecule has 0 spiro atoms. The van der Waals surface area contributed by atoms with Gasteiger partial charge in [-0.2, -0.15) is 0 Å². The van der Waals surface area contributed by atoms with Crippen LogP contribution in [0.5, 0.6) is 0 Å². The van der Waals surface area contributed by atoms with Crippen molar-refractivity contribution < 1.29 is 5.11 Å². The Hall–Kier alpha value is -0.300. The van der Waals surface area contributed by atoms with Crippen molar-refractivity contribution in [3.05, 3.63) is 12.2 Å². The predicted octanol–water partition coefficient (Wildman–Crippen LogP) is 2.85. The highest BCUT2D eigenvalue weighted by molar-refractivity contribution is 5.07. The largest absolute Gasteiger partial charge is 0.396 e. The maximum Gasteiger partial charge on any atom is 0.0467 e. The monoisotopic (exact) mass is 194 g/mol. The summed E-state index contributed by atoms with van der Waals surface area (Å²) in [5.74, 6) is 3.37. The number of rotatable bonds is 2. The Morgan fingerprint density at radius 3 is 2.71 bits per heavy atom. The smallest absolute Gasteiger partial charge is 0.0467 e. The number of hydrogen-bond donors (Lipinski definition) is 1. The maximum atomic E-state index is 9.52. The van der Waals surface area contributed by atoms with Gasteiger partial charge in [-0.25, -0.2) is 0 Å². The normalized spacial score (nSPS) is 41.7. The summed E-state index contributed by atoms with van der Waals surface area (Å²) in [6.45, 7) is 4.92. The molecule has 0 amide bonds. The van der Waals surface area contributed by atoms with Crippen LogP contribution in [0.2, 0.25) is 0 Å². The number of fused-ring (bicyclic) bond motifs is 1. The molecule has 1 nitrogen and oxygen atoms in total. The summed E-state index contributed by atoms with van der Waals surface area (Å²) < 4.78 is 0. The fraction of sp³-hybridized carbons (Fsp3) is 0.846. The van der Waals surface area contributed by atoms with Gasteiger partial charge in [0.2, 0.25) is 0 Å². The SMILES string of the molecule is CC(C)[C@H]1C=C[C@H]2CCC[C@@H]2[C@H]1CO. The van der Waals surface area contributed by atoms with E-state index in [0.717, 1.165) is 11.8 Å². The number of aliphatic hydroxyl groups excluding tert-OH is 1. The van der Waals surface area contributed by atoms with Crippen LogP contribution < -0.4 is 0 Å². The van der Waals surface area contributed by atoms with Crippen molar-refractivity contribution in [2.45, 2.75) is 33.1 Å². The highest BCUT2D eigenvalue weighted by Crippen LogP contribution is 2.45. The molecule has 2 rings (SSSR count). The van der Waals surface area contributed by atoms with Gasteiger partial charge in [0.1, 0.15) is 0 Å². The quantitative estimate of drug-likeness (QED) is 0.670. The van der Waals surface area contributed by atoms with Gasteiger partial charge in [0.25, 0.3) is 0 Å². The molecular weight excluding hydrogens is 172 g/mol. The zero-order chi connectivity index (χ0) is 10.1. The highest BCUT2D eigenvalue weighted by Gasteiger charge is 2.39. The van der Waals surface area contributed by atoms with Gasteiger partial charge in [0.15, 0.2) is 0 Å². The van der Waals surface area contributed by atoms with E-state index in [1.165, 1.54) is 19.3 Å². The van der Waals surface area contributed by atoms with Crippen molar-refractivity contribution in [3.8, 4) is 0 Å². The third-order valence-electron chi connectivity index (χ3n) is 4.23. The molecule has 0 aromatic rings. The lowest BCUT2D eigenvalue weighted by Gasteiger charge is -2.37. The Bertz CT molecular complexity index is 219. The summed E-state index contributed by atoms with van der Waals surface area (Å²) in [5.41, 5.74) is 0. The van der Waals surface area contributed by atoms with Crippen LogP contribution >= 0.6 is 0 Å². The minimum atomic E-state index is 0.383. The Morgan fingerprint density at radius 1 is 1.29 bits per heavy atom. The fourth-order valence-electron chi connectivity index (χ4n) is 3.46. The summed E-state index contributed by atoms with van der Waals surface area (Å²) in [7, 11) is 0. The molecule has 2 aliphatic carbocycles. The van der Waals surface area contributed by atoms with Gasteiger partial charge in [0, 0.05) is 6.61 Å². The van der Waals surface area contributed by atoms with Crippen molar-refractivity contribution in [2.75, 3.05) is 6.61 Å². The first-order valence-electron chi connectivity index (χ1n) is 6.03. The topological polar surface area (TPSA) is 20.2 Å². The molecular formula is C13H22O. The molecule has 0 bridgehead atoms. The Balaban J connectivity index is 2.17. The van der Waals surface area contributed by atoms with Crippen LogP contribution in [0.25, 0.3) is 0 Å². The standard InChI is InChI=1S/C13H22O/c1-9(2)11-7-6-10-4-3-5-12(10)13(11)8-14/h6-7,9-14H,3-5,8H2,1-2H3/t10-,11-,12+,13+/m1/s1. The van der Waals surface area contributed by atoms with E-state index in [1.807, 2.05) is 0 Å². The Kier molecular flexibility index (Phi) is 2.96. The summed E-state index contributed by atoms with van der Waals surface area (Å²) in [4.78, 5) is 0. The summed E-state index contributed by atoms with van der Waals surface area (Å²) in [6.07, 6.45) is 8.85. The molecule has 1 N–H and O–H groups in total. The van der Waals surface area contributed by atoms with Gasteiger partial charge in [-0.05, 0) is 42.4 Å². The molecule has 80 valence electrons. The second kappa shape index (κ2) is 4.06. The molecule has 4 atom stereocenters. The second-order valence-electron chi connectivity index (χ2n) is 5.31. The van der Waals surface area contributed by atoms with Crippen LogP contribution in [0.15, 0.2) is 12.2 Å². The van der Waals surface area contributed by atoms with E-state index in [0.29, 0.717) is 24.4 Å². The van der Waals surface area contributed by atoms with E-state index in [4.69, 9.17) is 0 Å². The van der Waals surface area contributed by atoms with E-state index in [2.05, 4.69) is 26.0 Å². The first-order chi connectivity index (χ1) is 6.74. The molecule has 14 heavy (non-hydrogen) atoms. The van der Waals surface area contributed by atoms with Crippen LogP contribution in [-0.2, 0) is 0 Å².